The van der Waals surface area contributed by atoms with Crippen LogP contribution in [0, 0.1) is 5.92 Å². The predicted molar refractivity (Wildman–Crippen MR) is 59.5 cm³/mol. The summed E-state index contributed by atoms with van der Waals surface area (Å²) < 4.78 is 0. The van der Waals surface area contributed by atoms with E-state index in [0.717, 1.165) is 6.42 Å². The first kappa shape index (κ1) is 11.8. The molecular formula is C11H20ClNO. The van der Waals surface area contributed by atoms with Gasteiger partial charge in [-0.05, 0) is 12.3 Å². The number of halogens is 1. The summed E-state index contributed by atoms with van der Waals surface area (Å²) in [5.41, 5.74) is 0. The highest BCUT2D eigenvalue weighted by Crippen LogP contribution is 2.28. The highest BCUT2D eigenvalue weighted by atomic mass is 35.5. The summed E-state index contributed by atoms with van der Waals surface area (Å²) >= 11 is 6.07. The second-order valence-corrected chi connectivity index (χ2v) is 4.97. The van der Waals surface area contributed by atoms with Crippen LogP contribution >= 0.6 is 11.6 Å². The number of nitrogens with zero attached hydrogens (tertiary/aromatic N) is 1. The second-order valence-electron chi connectivity index (χ2n) is 4.44. The van der Waals surface area contributed by atoms with Gasteiger partial charge in [-0.1, -0.05) is 32.1 Å². The Labute approximate surface area is 91.6 Å². The maximum Gasteiger partial charge on any atom is 0.240 e. The minimum Gasteiger partial charge on any atom is -0.348 e. The molecule has 1 rings (SSSR count). The first-order valence-corrected chi connectivity index (χ1v) is 5.90. The molecule has 14 heavy (non-hydrogen) atoms. The molecule has 0 bridgehead atoms. The second kappa shape index (κ2) is 5.59. The van der Waals surface area contributed by atoms with Gasteiger partial charge in [0.1, 0.15) is 5.38 Å². The van der Waals surface area contributed by atoms with Gasteiger partial charge in [-0.3, -0.25) is 4.79 Å². The molecule has 0 saturated heterocycles. The Bertz CT molecular complexity index is 188. The molecule has 0 radical (unpaired) electrons. The average Bonchev–Trinajstić information content (AvgIpc) is 2.18. The van der Waals surface area contributed by atoms with Crippen molar-refractivity contribution < 1.29 is 4.79 Å². The molecule has 1 aliphatic carbocycles. The average molecular weight is 218 g/mol. The van der Waals surface area contributed by atoms with Gasteiger partial charge in [0, 0.05) is 14.1 Å². The zero-order valence-electron chi connectivity index (χ0n) is 9.13. The van der Waals surface area contributed by atoms with Crippen LogP contribution in [0.1, 0.15) is 38.5 Å². The number of carbonyl (C=O) groups excluding carboxylic acids is 1. The van der Waals surface area contributed by atoms with Crippen LogP contribution in [0.5, 0.6) is 0 Å². The molecule has 0 aromatic carbocycles. The quantitative estimate of drug-likeness (QED) is 0.666. The number of rotatable bonds is 3. The van der Waals surface area contributed by atoms with Crippen molar-refractivity contribution in [2.24, 2.45) is 5.92 Å². The number of amides is 1. The molecule has 0 aromatic heterocycles. The van der Waals surface area contributed by atoms with Crippen LogP contribution in [-0.4, -0.2) is 30.3 Å². The van der Waals surface area contributed by atoms with Gasteiger partial charge in [0.2, 0.25) is 5.91 Å². The van der Waals surface area contributed by atoms with Crippen molar-refractivity contribution in [1.29, 1.82) is 0 Å². The molecule has 0 aliphatic heterocycles. The van der Waals surface area contributed by atoms with Gasteiger partial charge in [0.15, 0.2) is 0 Å². The third kappa shape index (κ3) is 3.49. The molecular weight excluding hydrogens is 198 g/mol. The fourth-order valence-electron chi connectivity index (χ4n) is 2.10. The third-order valence-electron chi connectivity index (χ3n) is 2.97. The lowest BCUT2D eigenvalue weighted by atomic mass is 9.86. The van der Waals surface area contributed by atoms with E-state index in [1.165, 1.54) is 32.1 Å². The highest BCUT2D eigenvalue weighted by molar-refractivity contribution is 6.30. The Kier molecular flexibility index (Phi) is 4.73. The normalized spacial score (nSPS) is 20.5. The topological polar surface area (TPSA) is 20.3 Å². The number of alkyl halides is 1. The lowest BCUT2D eigenvalue weighted by Crippen LogP contribution is -2.31. The maximum atomic E-state index is 11.5. The minimum atomic E-state index is -0.312. The summed E-state index contributed by atoms with van der Waals surface area (Å²) in [6.07, 6.45) is 7.34. The van der Waals surface area contributed by atoms with Crippen LogP contribution in [0.2, 0.25) is 0 Å². The van der Waals surface area contributed by atoms with E-state index >= 15 is 0 Å². The summed E-state index contributed by atoms with van der Waals surface area (Å²) in [5.74, 6) is 0.729. The van der Waals surface area contributed by atoms with Crippen LogP contribution in [0.15, 0.2) is 0 Å². The van der Waals surface area contributed by atoms with E-state index < -0.39 is 0 Å². The fourth-order valence-corrected chi connectivity index (χ4v) is 2.54. The minimum absolute atomic E-state index is 0.0530. The fraction of sp³-hybridized carbons (Fsp3) is 0.909. The largest absolute Gasteiger partial charge is 0.348 e. The van der Waals surface area contributed by atoms with Crippen LogP contribution in [0.4, 0.5) is 0 Å². The van der Waals surface area contributed by atoms with Crippen molar-refractivity contribution in [2.45, 2.75) is 43.9 Å². The van der Waals surface area contributed by atoms with Crippen LogP contribution in [-0.2, 0) is 4.79 Å². The maximum absolute atomic E-state index is 11.5. The summed E-state index contributed by atoms with van der Waals surface area (Å²) in [5, 5.41) is -0.312. The molecule has 82 valence electrons. The third-order valence-corrected chi connectivity index (χ3v) is 3.34. The number of hydrogen-bond acceptors (Lipinski definition) is 1. The molecule has 1 fully saturated rings. The summed E-state index contributed by atoms with van der Waals surface area (Å²) in [6, 6.07) is 0. The molecule has 1 saturated carbocycles. The van der Waals surface area contributed by atoms with E-state index in [0.29, 0.717) is 5.92 Å². The SMILES string of the molecule is CN(C)C(=O)C(Cl)CC1CCCCC1. The van der Waals surface area contributed by atoms with Gasteiger partial charge in [-0.15, -0.1) is 11.6 Å². The van der Waals surface area contributed by atoms with Gasteiger partial charge in [0.25, 0.3) is 0 Å². The zero-order valence-corrected chi connectivity index (χ0v) is 9.89. The first-order chi connectivity index (χ1) is 6.61. The molecule has 3 heteroatoms. The van der Waals surface area contributed by atoms with Crippen molar-refractivity contribution >= 4 is 17.5 Å². The smallest absolute Gasteiger partial charge is 0.240 e. The standard InChI is InChI=1S/C11H20ClNO/c1-13(2)11(14)10(12)8-9-6-4-3-5-7-9/h9-10H,3-8H2,1-2H3. The Balaban J connectivity index is 2.31. The van der Waals surface area contributed by atoms with Crippen molar-refractivity contribution in [3.8, 4) is 0 Å². The molecule has 0 aromatic rings. The van der Waals surface area contributed by atoms with E-state index in [9.17, 15) is 4.79 Å². The van der Waals surface area contributed by atoms with Crippen molar-refractivity contribution in [3.05, 3.63) is 0 Å². The predicted octanol–water partition coefficient (Wildman–Crippen LogP) is 2.65. The molecule has 1 atom stereocenters. The lowest BCUT2D eigenvalue weighted by Gasteiger charge is -2.24. The first-order valence-electron chi connectivity index (χ1n) is 5.46. The summed E-state index contributed by atoms with van der Waals surface area (Å²) in [6.45, 7) is 0. The number of carbonyl (C=O) groups is 1. The van der Waals surface area contributed by atoms with Gasteiger partial charge >= 0.3 is 0 Å². The molecule has 1 amide bonds. The van der Waals surface area contributed by atoms with E-state index in [2.05, 4.69) is 0 Å². The summed E-state index contributed by atoms with van der Waals surface area (Å²) in [4.78, 5) is 13.1. The Morgan fingerprint density at radius 2 is 1.93 bits per heavy atom. The highest BCUT2D eigenvalue weighted by Gasteiger charge is 2.23. The van der Waals surface area contributed by atoms with Crippen molar-refractivity contribution in [2.75, 3.05) is 14.1 Å². The van der Waals surface area contributed by atoms with E-state index in [4.69, 9.17) is 11.6 Å². The number of hydrogen-bond donors (Lipinski definition) is 0. The van der Waals surface area contributed by atoms with E-state index in [1.54, 1.807) is 19.0 Å². The molecule has 0 heterocycles. The van der Waals surface area contributed by atoms with Crippen molar-refractivity contribution in [3.63, 3.8) is 0 Å². The van der Waals surface area contributed by atoms with Gasteiger partial charge in [-0.2, -0.15) is 0 Å². The van der Waals surface area contributed by atoms with Crippen LogP contribution in [0.3, 0.4) is 0 Å². The van der Waals surface area contributed by atoms with Gasteiger partial charge in [0.05, 0.1) is 0 Å². The lowest BCUT2D eigenvalue weighted by molar-refractivity contribution is -0.128. The molecule has 0 N–H and O–H groups in total. The van der Waals surface area contributed by atoms with Crippen molar-refractivity contribution in [1.82, 2.24) is 4.90 Å². The van der Waals surface area contributed by atoms with E-state index in [1.807, 2.05) is 0 Å². The monoisotopic (exact) mass is 217 g/mol. The van der Waals surface area contributed by atoms with E-state index in [-0.39, 0.29) is 11.3 Å². The zero-order chi connectivity index (χ0) is 10.6. The molecule has 2 nitrogen and oxygen atoms in total. The van der Waals surface area contributed by atoms with Gasteiger partial charge in [-0.25, -0.2) is 0 Å². The van der Waals surface area contributed by atoms with Crippen LogP contribution < -0.4 is 0 Å². The summed E-state index contributed by atoms with van der Waals surface area (Å²) in [7, 11) is 3.52. The van der Waals surface area contributed by atoms with Gasteiger partial charge < -0.3 is 4.90 Å². The molecule has 0 spiro atoms. The molecule has 1 aliphatic rings. The Hall–Kier alpha value is -0.240. The van der Waals surface area contributed by atoms with Crippen LogP contribution in [0.25, 0.3) is 0 Å². The Morgan fingerprint density at radius 1 is 1.36 bits per heavy atom. The molecule has 1 unspecified atom stereocenters. The Morgan fingerprint density at radius 3 is 2.43 bits per heavy atom.